The van der Waals surface area contributed by atoms with E-state index in [0.29, 0.717) is 19.0 Å². The number of amides is 1. The van der Waals surface area contributed by atoms with Gasteiger partial charge in [0.25, 0.3) is 0 Å². The molecule has 0 radical (unpaired) electrons. The number of alkyl halides is 3. The van der Waals surface area contributed by atoms with E-state index in [0.717, 1.165) is 19.8 Å². The number of hydrogen-bond donors (Lipinski definition) is 1. The number of aromatic nitrogens is 3. The van der Waals surface area contributed by atoms with E-state index in [9.17, 15) is 18.0 Å². The van der Waals surface area contributed by atoms with Crippen LogP contribution >= 0.6 is 0 Å². The van der Waals surface area contributed by atoms with Crippen molar-refractivity contribution in [1.29, 1.82) is 0 Å². The highest BCUT2D eigenvalue weighted by atomic mass is 19.4. The second kappa shape index (κ2) is 8.00. The fourth-order valence-corrected chi connectivity index (χ4v) is 4.38. The van der Waals surface area contributed by atoms with Crippen LogP contribution in [0.25, 0.3) is 5.65 Å². The van der Waals surface area contributed by atoms with E-state index in [2.05, 4.69) is 15.4 Å². The van der Waals surface area contributed by atoms with Gasteiger partial charge in [0.05, 0.1) is 0 Å². The minimum Gasteiger partial charge on any atom is -0.477 e. The molecule has 2 aromatic rings. The summed E-state index contributed by atoms with van der Waals surface area (Å²) in [5.41, 5.74) is -0.334. The Hall–Kier alpha value is -2.72. The number of carbonyl (C=O) groups excluding carboxylic acids is 1. The predicted molar refractivity (Wildman–Crippen MR) is 111 cm³/mol. The van der Waals surface area contributed by atoms with Crippen molar-refractivity contribution >= 4 is 17.7 Å². The zero-order chi connectivity index (χ0) is 23.3. The van der Waals surface area contributed by atoms with Crippen molar-refractivity contribution in [2.75, 3.05) is 18.4 Å². The Bertz CT molecular complexity index is 973. The molecule has 4 atom stereocenters. The van der Waals surface area contributed by atoms with E-state index in [-0.39, 0.29) is 35.4 Å². The highest BCUT2D eigenvalue weighted by molar-refractivity contribution is 5.68. The first kappa shape index (κ1) is 22.5. The number of anilines is 1. The lowest BCUT2D eigenvalue weighted by atomic mass is 9.92. The molecule has 8 nitrogen and oxygen atoms in total. The number of nitrogens with one attached hydrogen (secondary N) is 1. The van der Waals surface area contributed by atoms with Gasteiger partial charge in [-0.1, -0.05) is 0 Å². The van der Waals surface area contributed by atoms with Gasteiger partial charge in [-0.15, -0.1) is 5.10 Å². The second-order valence-corrected chi connectivity index (χ2v) is 9.53. The zero-order valence-electron chi connectivity index (χ0n) is 18.5. The molecule has 2 fully saturated rings. The highest BCUT2D eigenvalue weighted by Crippen LogP contribution is 2.39. The van der Waals surface area contributed by atoms with E-state index in [4.69, 9.17) is 9.47 Å². The molecule has 4 rings (SSSR count). The maximum Gasteiger partial charge on any atom is 0.425 e. The second-order valence-electron chi connectivity index (χ2n) is 9.53. The standard InChI is InChI=1S/C21H28F3N5O3/c1-12(21(22,23)24)31-15-6-5-9-29-17(15)26-18(27-29)25-16-13-7-8-14(16)11-28(10-13)19(30)32-20(2,3)4/h5-6,9,12-14,16H,7-8,10-11H2,1-4H3,(H,25,27)/t12?,13-,14+,16?. The van der Waals surface area contributed by atoms with Gasteiger partial charge in [-0.25, -0.2) is 9.31 Å². The molecule has 2 aliphatic rings. The first-order valence-electron chi connectivity index (χ1n) is 10.7. The van der Waals surface area contributed by atoms with Gasteiger partial charge in [-0.2, -0.15) is 18.2 Å². The summed E-state index contributed by atoms with van der Waals surface area (Å²) in [6.45, 7) is 7.64. The number of fused-ring (bicyclic) bond motifs is 3. The molecule has 1 saturated carbocycles. The van der Waals surface area contributed by atoms with Crippen LogP contribution in [0.15, 0.2) is 18.3 Å². The Balaban J connectivity index is 1.47. The number of piperidine rings is 1. The number of ether oxygens (including phenoxy) is 2. The van der Waals surface area contributed by atoms with Crippen LogP contribution in [0.3, 0.4) is 0 Å². The molecule has 2 unspecified atom stereocenters. The zero-order valence-corrected chi connectivity index (χ0v) is 18.5. The largest absolute Gasteiger partial charge is 0.477 e. The average Bonchev–Trinajstić information content (AvgIpc) is 3.17. The number of nitrogens with zero attached hydrogens (tertiary/aromatic N) is 4. The molecule has 1 N–H and O–H groups in total. The van der Waals surface area contributed by atoms with Crippen LogP contribution in [-0.2, 0) is 4.74 Å². The van der Waals surface area contributed by atoms with E-state index >= 15 is 0 Å². The predicted octanol–water partition coefficient (Wildman–Crippen LogP) is 4.12. The lowest BCUT2D eigenvalue weighted by Crippen LogP contribution is -2.51. The quantitative estimate of drug-likeness (QED) is 0.747. The number of pyridine rings is 1. The molecule has 1 saturated heterocycles. The molecule has 1 aliphatic heterocycles. The van der Waals surface area contributed by atoms with Crippen molar-refractivity contribution in [2.24, 2.45) is 11.8 Å². The molecule has 1 aliphatic carbocycles. The first-order valence-corrected chi connectivity index (χ1v) is 10.7. The molecule has 176 valence electrons. The first-order chi connectivity index (χ1) is 14.9. The third-order valence-corrected chi connectivity index (χ3v) is 5.87. The third-order valence-electron chi connectivity index (χ3n) is 5.87. The fourth-order valence-electron chi connectivity index (χ4n) is 4.38. The molecular weight excluding hydrogens is 427 g/mol. The van der Waals surface area contributed by atoms with Crippen molar-refractivity contribution in [3.63, 3.8) is 0 Å². The van der Waals surface area contributed by atoms with Crippen LogP contribution in [0.4, 0.5) is 23.9 Å². The van der Waals surface area contributed by atoms with Crippen molar-refractivity contribution in [1.82, 2.24) is 19.5 Å². The molecule has 2 bridgehead atoms. The minimum atomic E-state index is -4.48. The monoisotopic (exact) mass is 455 g/mol. The van der Waals surface area contributed by atoms with Gasteiger partial charge in [0.1, 0.15) is 5.60 Å². The topological polar surface area (TPSA) is 81.0 Å². The van der Waals surface area contributed by atoms with E-state index in [1.54, 1.807) is 17.2 Å². The summed E-state index contributed by atoms with van der Waals surface area (Å²) in [5, 5.41) is 7.72. The minimum absolute atomic E-state index is 0.0144. The number of halogens is 3. The van der Waals surface area contributed by atoms with E-state index < -0.39 is 17.9 Å². The molecular formula is C21H28F3N5O3. The number of carbonyl (C=O) groups is 1. The Morgan fingerprint density at radius 3 is 2.47 bits per heavy atom. The lowest BCUT2D eigenvalue weighted by molar-refractivity contribution is -0.189. The maximum atomic E-state index is 12.9. The van der Waals surface area contributed by atoms with Gasteiger partial charge in [-0.3, -0.25) is 0 Å². The van der Waals surface area contributed by atoms with Gasteiger partial charge >= 0.3 is 12.3 Å². The summed E-state index contributed by atoms with van der Waals surface area (Å²) in [6, 6.07) is 3.08. The third kappa shape index (κ3) is 4.71. The molecule has 11 heteroatoms. The SMILES string of the molecule is CC(Oc1cccn2nc(NC3[C@@H]4CC[C@H]3CN(C(=O)OC(C)(C)C)C4)nc12)C(F)(F)F. The van der Waals surface area contributed by atoms with Gasteiger partial charge < -0.3 is 19.7 Å². The lowest BCUT2D eigenvalue weighted by Gasteiger charge is -2.38. The van der Waals surface area contributed by atoms with Crippen LogP contribution in [0.1, 0.15) is 40.5 Å². The van der Waals surface area contributed by atoms with Crippen LogP contribution in [0.2, 0.25) is 0 Å². The number of likely N-dealkylation sites (tertiary alicyclic amines) is 1. The van der Waals surface area contributed by atoms with Gasteiger partial charge in [0, 0.05) is 25.3 Å². The van der Waals surface area contributed by atoms with Crippen molar-refractivity contribution in [2.45, 2.75) is 64.5 Å². The summed E-state index contributed by atoms with van der Waals surface area (Å²) >= 11 is 0. The van der Waals surface area contributed by atoms with Crippen LogP contribution in [-0.4, -0.2) is 62.6 Å². The Kier molecular flexibility index (Phi) is 5.62. The molecule has 0 spiro atoms. The van der Waals surface area contributed by atoms with Gasteiger partial charge in [0.15, 0.2) is 17.5 Å². The van der Waals surface area contributed by atoms with Crippen molar-refractivity contribution < 1.29 is 27.4 Å². The van der Waals surface area contributed by atoms with Crippen molar-refractivity contribution in [3.05, 3.63) is 18.3 Å². The Labute approximate surface area is 184 Å². The molecule has 2 aromatic heterocycles. The van der Waals surface area contributed by atoms with Crippen LogP contribution in [0, 0.1) is 11.8 Å². The van der Waals surface area contributed by atoms with Gasteiger partial charge in [-0.05, 0) is 64.5 Å². The summed E-state index contributed by atoms with van der Waals surface area (Å²) < 4.78 is 50.7. The normalized spacial score (nSPS) is 24.5. The maximum absolute atomic E-state index is 12.9. The summed E-state index contributed by atoms with van der Waals surface area (Å²) in [5.74, 6) is 0.775. The summed E-state index contributed by atoms with van der Waals surface area (Å²) in [4.78, 5) is 18.6. The highest BCUT2D eigenvalue weighted by Gasteiger charge is 2.44. The van der Waals surface area contributed by atoms with E-state index in [1.165, 1.54) is 10.6 Å². The fraction of sp³-hybridized carbons (Fsp3) is 0.667. The Morgan fingerprint density at radius 2 is 1.88 bits per heavy atom. The average molecular weight is 455 g/mol. The van der Waals surface area contributed by atoms with Gasteiger partial charge in [0.2, 0.25) is 5.95 Å². The van der Waals surface area contributed by atoms with E-state index in [1.807, 2.05) is 20.8 Å². The summed E-state index contributed by atoms with van der Waals surface area (Å²) in [6.07, 6.45) is -3.21. The van der Waals surface area contributed by atoms with Crippen molar-refractivity contribution in [3.8, 4) is 5.75 Å². The van der Waals surface area contributed by atoms with Crippen LogP contribution < -0.4 is 10.1 Å². The molecule has 1 amide bonds. The van der Waals surface area contributed by atoms with Crippen LogP contribution in [0.5, 0.6) is 5.75 Å². The molecule has 0 aromatic carbocycles. The number of hydrogen-bond acceptors (Lipinski definition) is 6. The number of rotatable bonds is 4. The molecule has 3 heterocycles. The Morgan fingerprint density at radius 1 is 1.22 bits per heavy atom. The summed E-state index contributed by atoms with van der Waals surface area (Å²) in [7, 11) is 0. The molecule has 32 heavy (non-hydrogen) atoms. The smallest absolute Gasteiger partial charge is 0.425 e.